The molecule has 3 N–H and O–H groups in total. The number of amides is 2. The number of nitrogens with zero attached hydrogens (tertiary/aromatic N) is 1. The summed E-state index contributed by atoms with van der Waals surface area (Å²) in [6.07, 6.45) is 1.77. The third kappa shape index (κ3) is 2.23. The summed E-state index contributed by atoms with van der Waals surface area (Å²) in [5.74, 6) is 0.0328. The van der Waals surface area contributed by atoms with E-state index in [2.05, 4.69) is 5.32 Å². The highest BCUT2D eigenvalue weighted by Gasteiger charge is 2.44. The van der Waals surface area contributed by atoms with Gasteiger partial charge in [0.1, 0.15) is 0 Å². The van der Waals surface area contributed by atoms with Crippen LogP contribution in [-0.4, -0.2) is 41.9 Å². The molecular formula is C13H23N3O2. The van der Waals surface area contributed by atoms with E-state index in [9.17, 15) is 9.59 Å². The van der Waals surface area contributed by atoms with E-state index in [1.807, 2.05) is 25.7 Å². The summed E-state index contributed by atoms with van der Waals surface area (Å²) < 4.78 is 0. The first kappa shape index (κ1) is 13.3. The Balaban J connectivity index is 2.13. The van der Waals surface area contributed by atoms with Gasteiger partial charge in [-0.15, -0.1) is 0 Å². The number of hydrogen-bond acceptors (Lipinski definition) is 3. The number of nitrogens with two attached hydrogens (primary N) is 1. The maximum Gasteiger partial charge on any atom is 0.240 e. The molecule has 102 valence electrons. The van der Waals surface area contributed by atoms with Crippen LogP contribution in [0.1, 0.15) is 33.6 Å². The average molecular weight is 253 g/mol. The maximum absolute atomic E-state index is 12.5. The monoisotopic (exact) mass is 253 g/mol. The minimum atomic E-state index is -0.507. The Morgan fingerprint density at radius 2 is 2.17 bits per heavy atom. The standard InChI is InChI=1S/C13H23N3O2/c1-13(2,3)10(14)12(18)16-6-4-5-8-9(16)7-15-11(8)17/h8-10H,4-7,14H2,1-3H3,(H,15,17). The fourth-order valence-electron chi connectivity index (χ4n) is 2.77. The van der Waals surface area contributed by atoms with Crippen molar-refractivity contribution in [3.8, 4) is 0 Å². The predicted molar refractivity (Wildman–Crippen MR) is 68.7 cm³/mol. The first-order valence-corrected chi connectivity index (χ1v) is 6.66. The lowest BCUT2D eigenvalue weighted by Gasteiger charge is -2.39. The lowest BCUT2D eigenvalue weighted by molar-refractivity contribution is -0.140. The number of fused-ring (bicyclic) bond motifs is 1. The molecule has 18 heavy (non-hydrogen) atoms. The molecule has 3 atom stereocenters. The van der Waals surface area contributed by atoms with E-state index in [1.54, 1.807) is 0 Å². The molecule has 0 bridgehead atoms. The van der Waals surface area contributed by atoms with Crippen LogP contribution in [0.3, 0.4) is 0 Å². The van der Waals surface area contributed by atoms with Crippen LogP contribution in [0.5, 0.6) is 0 Å². The van der Waals surface area contributed by atoms with E-state index in [0.717, 1.165) is 19.4 Å². The average Bonchev–Trinajstić information content (AvgIpc) is 2.68. The van der Waals surface area contributed by atoms with Gasteiger partial charge in [0.2, 0.25) is 11.8 Å². The SMILES string of the molecule is CC(C)(C)C(N)C(=O)N1CCCC2C(=O)NCC21. The minimum absolute atomic E-state index is 0.00662. The Hall–Kier alpha value is -1.10. The van der Waals surface area contributed by atoms with Crippen LogP contribution in [0.15, 0.2) is 0 Å². The van der Waals surface area contributed by atoms with Gasteiger partial charge < -0.3 is 16.0 Å². The highest BCUT2D eigenvalue weighted by molar-refractivity contribution is 5.87. The molecular weight excluding hydrogens is 230 g/mol. The van der Waals surface area contributed by atoms with Crippen molar-refractivity contribution in [2.24, 2.45) is 17.1 Å². The second-order valence-electron chi connectivity index (χ2n) is 6.44. The van der Waals surface area contributed by atoms with E-state index in [1.165, 1.54) is 0 Å². The molecule has 0 spiro atoms. The lowest BCUT2D eigenvalue weighted by Crippen LogP contribution is -2.57. The van der Waals surface area contributed by atoms with Gasteiger partial charge >= 0.3 is 0 Å². The minimum Gasteiger partial charge on any atom is -0.354 e. The first-order chi connectivity index (χ1) is 8.32. The largest absolute Gasteiger partial charge is 0.354 e. The van der Waals surface area contributed by atoms with Crippen molar-refractivity contribution in [3.05, 3.63) is 0 Å². The Morgan fingerprint density at radius 3 is 2.78 bits per heavy atom. The molecule has 2 aliphatic heterocycles. The van der Waals surface area contributed by atoms with E-state index in [-0.39, 0.29) is 29.2 Å². The van der Waals surface area contributed by atoms with Crippen molar-refractivity contribution >= 4 is 11.8 Å². The molecule has 0 radical (unpaired) electrons. The molecule has 2 aliphatic rings. The molecule has 2 heterocycles. The van der Waals surface area contributed by atoms with Crippen molar-refractivity contribution in [3.63, 3.8) is 0 Å². The van der Waals surface area contributed by atoms with E-state index < -0.39 is 6.04 Å². The van der Waals surface area contributed by atoms with Crippen LogP contribution in [0.2, 0.25) is 0 Å². The number of hydrogen-bond donors (Lipinski definition) is 2. The Kier molecular flexibility index (Phi) is 3.36. The van der Waals surface area contributed by atoms with Gasteiger partial charge in [-0.1, -0.05) is 20.8 Å². The van der Waals surface area contributed by atoms with E-state index >= 15 is 0 Å². The third-order valence-electron chi connectivity index (χ3n) is 4.08. The highest BCUT2D eigenvalue weighted by Crippen LogP contribution is 2.29. The van der Waals surface area contributed by atoms with Gasteiger partial charge in [-0.25, -0.2) is 0 Å². The summed E-state index contributed by atoms with van der Waals surface area (Å²) in [6.45, 7) is 7.20. The Labute approximate surface area is 108 Å². The fraction of sp³-hybridized carbons (Fsp3) is 0.846. The van der Waals surface area contributed by atoms with E-state index in [4.69, 9.17) is 5.73 Å². The molecule has 2 fully saturated rings. The summed E-state index contributed by atoms with van der Waals surface area (Å²) in [7, 11) is 0. The quantitative estimate of drug-likeness (QED) is 0.696. The smallest absolute Gasteiger partial charge is 0.240 e. The van der Waals surface area contributed by atoms with Crippen LogP contribution in [0, 0.1) is 11.3 Å². The molecule has 2 rings (SSSR count). The topological polar surface area (TPSA) is 75.4 Å². The molecule has 0 aliphatic carbocycles. The van der Waals surface area contributed by atoms with Crippen LogP contribution in [-0.2, 0) is 9.59 Å². The zero-order valence-electron chi connectivity index (χ0n) is 11.4. The molecule has 0 saturated carbocycles. The number of rotatable bonds is 1. The molecule has 0 aromatic rings. The van der Waals surface area contributed by atoms with Crippen molar-refractivity contribution in [2.75, 3.05) is 13.1 Å². The summed E-state index contributed by atoms with van der Waals surface area (Å²) >= 11 is 0. The van der Waals surface area contributed by atoms with Crippen molar-refractivity contribution in [1.82, 2.24) is 10.2 Å². The number of nitrogens with one attached hydrogen (secondary N) is 1. The van der Waals surface area contributed by atoms with Crippen molar-refractivity contribution in [2.45, 2.75) is 45.7 Å². The molecule has 2 amide bonds. The summed E-state index contributed by atoms with van der Waals surface area (Å²) in [5, 5.41) is 2.85. The second-order valence-corrected chi connectivity index (χ2v) is 6.44. The number of likely N-dealkylation sites (tertiary alicyclic amines) is 1. The molecule has 0 aromatic heterocycles. The predicted octanol–water partition coefficient (Wildman–Crippen LogP) is 0.0968. The highest BCUT2D eigenvalue weighted by atomic mass is 16.2. The van der Waals surface area contributed by atoms with Gasteiger partial charge in [-0.2, -0.15) is 0 Å². The van der Waals surface area contributed by atoms with Crippen molar-refractivity contribution < 1.29 is 9.59 Å². The van der Waals surface area contributed by atoms with Gasteiger partial charge in [0.05, 0.1) is 18.0 Å². The summed E-state index contributed by atoms with van der Waals surface area (Å²) in [4.78, 5) is 25.9. The number of piperidine rings is 1. The maximum atomic E-state index is 12.5. The summed E-state index contributed by atoms with van der Waals surface area (Å²) in [5.41, 5.74) is 5.80. The zero-order chi connectivity index (χ0) is 13.5. The fourth-order valence-corrected chi connectivity index (χ4v) is 2.77. The third-order valence-corrected chi connectivity index (χ3v) is 4.08. The molecule has 5 heteroatoms. The van der Waals surface area contributed by atoms with Gasteiger partial charge in [0, 0.05) is 13.1 Å². The number of carbonyl (C=O) groups is 2. The molecule has 0 aromatic carbocycles. The lowest BCUT2D eigenvalue weighted by atomic mass is 9.84. The van der Waals surface area contributed by atoms with Gasteiger partial charge in [-0.3, -0.25) is 9.59 Å². The van der Waals surface area contributed by atoms with Crippen molar-refractivity contribution in [1.29, 1.82) is 0 Å². The van der Waals surface area contributed by atoms with Crippen LogP contribution < -0.4 is 11.1 Å². The van der Waals surface area contributed by atoms with Gasteiger partial charge in [0.25, 0.3) is 0 Å². The second kappa shape index (κ2) is 4.53. The van der Waals surface area contributed by atoms with Gasteiger partial charge in [0.15, 0.2) is 0 Å². The normalized spacial score (nSPS) is 29.8. The summed E-state index contributed by atoms with van der Waals surface area (Å²) in [6, 6.07) is -0.501. The van der Waals surface area contributed by atoms with Crippen LogP contribution in [0.25, 0.3) is 0 Å². The van der Waals surface area contributed by atoms with Gasteiger partial charge in [-0.05, 0) is 18.3 Å². The van der Waals surface area contributed by atoms with E-state index in [0.29, 0.717) is 6.54 Å². The number of carbonyl (C=O) groups excluding carboxylic acids is 2. The Morgan fingerprint density at radius 1 is 1.50 bits per heavy atom. The molecule has 5 nitrogen and oxygen atoms in total. The molecule has 3 unspecified atom stereocenters. The first-order valence-electron chi connectivity index (χ1n) is 6.66. The van der Waals surface area contributed by atoms with Crippen LogP contribution >= 0.6 is 0 Å². The zero-order valence-corrected chi connectivity index (χ0v) is 11.4. The Bertz CT molecular complexity index is 362. The van der Waals surface area contributed by atoms with Crippen LogP contribution in [0.4, 0.5) is 0 Å². The molecule has 2 saturated heterocycles.